The fraction of sp³-hybridized carbons (Fsp3) is 0.500. The van der Waals surface area contributed by atoms with Crippen molar-refractivity contribution in [2.45, 2.75) is 59.0 Å². The number of benzene rings is 1. The van der Waals surface area contributed by atoms with Crippen molar-refractivity contribution in [3.8, 4) is 0 Å². The Morgan fingerprint density at radius 3 is 2.59 bits per heavy atom. The number of carbonyl (C=O) groups excluding carboxylic acids is 1. The molecule has 0 atom stereocenters. The van der Waals surface area contributed by atoms with Gasteiger partial charge in [-0.3, -0.25) is 4.79 Å². The Kier molecular flexibility index (Phi) is 6.90. The Balaban J connectivity index is 1.58. The minimum absolute atomic E-state index is 0.0767. The quantitative estimate of drug-likeness (QED) is 0.558. The molecule has 2 aromatic rings. The maximum atomic E-state index is 11.9. The van der Waals surface area contributed by atoms with Gasteiger partial charge in [-0.15, -0.1) is 11.3 Å². The third kappa shape index (κ3) is 5.79. The van der Waals surface area contributed by atoms with Crippen molar-refractivity contribution in [2.75, 3.05) is 18.0 Å². The number of rotatable bonds is 6. The Hall–Kier alpha value is -2.41. The molecule has 156 valence electrons. The van der Waals surface area contributed by atoms with Crippen LogP contribution in [0.25, 0.3) is 0 Å². The van der Waals surface area contributed by atoms with Crippen LogP contribution in [-0.4, -0.2) is 29.9 Å². The molecule has 1 saturated heterocycles. The summed E-state index contributed by atoms with van der Waals surface area (Å²) in [6, 6.07) is 8.11. The molecule has 7 heteroatoms. The van der Waals surface area contributed by atoms with Gasteiger partial charge in [-0.05, 0) is 31.0 Å². The van der Waals surface area contributed by atoms with E-state index in [4.69, 9.17) is 4.98 Å². The Morgan fingerprint density at radius 1 is 1.24 bits per heavy atom. The van der Waals surface area contributed by atoms with E-state index in [-0.39, 0.29) is 11.3 Å². The van der Waals surface area contributed by atoms with Gasteiger partial charge in [0.05, 0.1) is 23.8 Å². The highest BCUT2D eigenvalue weighted by Crippen LogP contribution is 2.25. The second-order valence-electron chi connectivity index (χ2n) is 8.26. The zero-order valence-electron chi connectivity index (χ0n) is 17.8. The summed E-state index contributed by atoms with van der Waals surface area (Å²) in [5, 5.41) is 9.90. The van der Waals surface area contributed by atoms with Crippen molar-refractivity contribution in [2.24, 2.45) is 4.99 Å². The van der Waals surface area contributed by atoms with Gasteiger partial charge in [0.15, 0.2) is 5.96 Å². The van der Waals surface area contributed by atoms with E-state index in [0.29, 0.717) is 19.5 Å². The molecule has 2 N–H and O–H groups in total. The monoisotopic (exact) mass is 413 g/mol. The summed E-state index contributed by atoms with van der Waals surface area (Å²) in [7, 11) is 0. The standard InChI is InChI=1S/C22H31N5OS/c1-5-23-21(25-14-17-15-29-20(26-17)22(2,3)4)24-13-16-8-10-18(11-9-16)27-12-6-7-19(27)28/h8-11,15H,5-7,12-14H2,1-4H3,(H2,23,24,25). The molecule has 0 unspecified atom stereocenters. The molecule has 0 saturated carbocycles. The molecule has 1 aliphatic heterocycles. The SMILES string of the molecule is CCNC(=NCc1ccc(N2CCCC2=O)cc1)NCc1csc(C(C)(C)C)n1. The topological polar surface area (TPSA) is 69.6 Å². The normalized spacial score (nSPS) is 15.1. The molecule has 0 radical (unpaired) electrons. The molecule has 0 spiro atoms. The second-order valence-corrected chi connectivity index (χ2v) is 9.12. The number of aliphatic imine (C=N–C) groups is 1. The number of thiazole rings is 1. The fourth-order valence-corrected chi connectivity index (χ4v) is 4.03. The van der Waals surface area contributed by atoms with E-state index in [0.717, 1.165) is 47.4 Å². The van der Waals surface area contributed by atoms with E-state index in [1.54, 1.807) is 11.3 Å². The summed E-state index contributed by atoms with van der Waals surface area (Å²) in [6.07, 6.45) is 1.60. The van der Waals surface area contributed by atoms with E-state index < -0.39 is 0 Å². The minimum atomic E-state index is 0.0767. The predicted octanol–water partition coefficient (Wildman–Crippen LogP) is 3.82. The number of amides is 1. The molecular formula is C22H31N5OS. The number of carbonyl (C=O) groups is 1. The summed E-state index contributed by atoms with van der Waals surface area (Å²) >= 11 is 1.70. The van der Waals surface area contributed by atoms with E-state index in [1.807, 2.05) is 29.2 Å². The molecule has 1 aliphatic rings. The third-order valence-corrected chi connectivity index (χ3v) is 6.03. The van der Waals surface area contributed by atoms with Crippen molar-refractivity contribution < 1.29 is 4.79 Å². The number of hydrogen-bond donors (Lipinski definition) is 2. The van der Waals surface area contributed by atoms with Crippen LogP contribution in [0.3, 0.4) is 0 Å². The van der Waals surface area contributed by atoms with Gasteiger partial charge < -0.3 is 15.5 Å². The van der Waals surface area contributed by atoms with Crippen LogP contribution in [-0.2, 0) is 23.3 Å². The molecule has 1 aromatic heterocycles. The van der Waals surface area contributed by atoms with E-state index in [1.165, 1.54) is 0 Å². The first kappa shape index (κ1) is 21.3. The number of anilines is 1. The first-order chi connectivity index (χ1) is 13.9. The molecule has 29 heavy (non-hydrogen) atoms. The van der Waals surface area contributed by atoms with E-state index in [9.17, 15) is 4.79 Å². The van der Waals surface area contributed by atoms with Crippen LogP contribution >= 0.6 is 11.3 Å². The van der Waals surface area contributed by atoms with Gasteiger partial charge in [-0.1, -0.05) is 32.9 Å². The molecule has 0 bridgehead atoms. The van der Waals surface area contributed by atoms with E-state index >= 15 is 0 Å². The zero-order chi connectivity index (χ0) is 20.9. The minimum Gasteiger partial charge on any atom is -0.357 e. The molecular weight excluding hydrogens is 382 g/mol. The van der Waals surface area contributed by atoms with Gasteiger partial charge in [0, 0.05) is 36.0 Å². The Bertz CT molecular complexity index is 851. The fourth-order valence-electron chi connectivity index (χ4n) is 3.12. The highest BCUT2D eigenvalue weighted by molar-refractivity contribution is 7.09. The van der Waals surface area contributed by atoms with Gasteiger partial charge in [0.25, 0.3) is 0 Å². The van der Waals surface area contributed by atoms with Crippen molar-refractivity contribution in [3.05, 3.63) is 45.9 Å². The van der Waals surface area contributed by atoms with Gasteiger partial charge in [-0.25, -0.2) is 9.98 Å². The lowest BCUT2D eigenvalue weighted by atomic mass is 9.98. The van der Waals surface area contributed by atoms with Crippen LogP contribution in [0.5, 0.6) is 0 Å². The average molecular weight is 414 g/mol. The van der Waals surface area contributed by atoms with E-state index in [2.05, 4.69) is 48.7 Å². The molecule has 3 rings (SSSR count). The molecule has 0 aliphatic carbocycles. The largest absolute Gasteiger partial charge is 0.357 e. The maximum Gasteiger partial charge on any atom is 0.227 e. The second kappa shape index (κ2) is 9.39. The number of nitrogens with zero attached hydrogens (tertiary/aromatic N) is 3. The third-order valence-electron chi connectivity index (χ3n) is 4.72. The zero-order valence-corrected chi connectivity index (χ0v) is 18.6. The Morgan fingerprint density at radius 2 is 2.00 bits per heavy atom. The van der Waals surface area contributed by atoms with Crippen molar-refractivity contribution >= 4 is 28.9 Å². The Labute approximate surface area is 177 Å². The smallest absolute Gasteiger partial charge is 0.227 e. The summed E-state index contributed by atoms with van der Waals surface area (Å²) in [5.41, 5.74) is 3.20. The van der Waals surface area contributed by atoms with Gasteiger partial charge in [0.1, 0.15) is 0 Å². The molecule has 2 heterocycles. The van der Waals surface area contributed by atoms with Gasteiger partial charge >= 0.3 is 0 Å². The molecule has 1 amide bonds. The first-order valence-corrected chi connectivity index (χ1v) is 11.1. The molecule has 6 nitrogen and oxygen atoms in total. The summed E-state index contributed by atoms with van der Waals surface area (Å²) in [4.78, 5) is 23.1. The molecule has 1 aromatic carbocycles. The van der Waals surface area contributed by atoms with Crippen LogP contribution in [0, 0.1) is 0 Å². The predicted molar refractivity (Wildman–Crippen MR) is 120 cm³/mol. The summed E-state index contributed by atoms with van der Waals surface area (Å²) < 4.78 is 0. The summed E-state index contributed by atoms with van der Waals surface area (Å²) in [5.74, 6) is 0.989. The van der Waals surface area contributed by atoms with Crippen molar-refractivity contribution in [1.82, 2.24) is 15.6 Å². The first-order valence-electron chi connectivity index (χ1n) is 10.2. The average Bonchev–Trinajstić information content (AvgIpc) is 3.33. The van der Waals surface area contributed by atoms with Crippen LogP contribution < -0.4 is 15.5 Å². The lowest BCUT2D eigenvalue weighted by Crippen LogP contribution is -2.36. The summed E-state index contributed by atoms with van der Waals surface area (Å²) in [6.45, 7) is 11.4. The number of hydrogen-bond acceptors (Lipinski definition) is 4. The molecule has 1 fully saturated rings. The lowest BCUT2D eigenvalue weighted by Gasteiger charge is -2.16. The lowest BCUT2D eigenvalue weighted by molar-refractivity contribution is -0.117. The number of nitrogens with one attached hydrogen (secondary N) is 2. The van der Waals surface area contributed by atoms with Crippen LogP contribution in [0.4, 0.5) is 5.69 Å². The highest BCUT2D eigenvalue weighted by Gasteiger charge is 2.21. The number of aromatic nitrogens is 1. The van der Waals surface area contributed by atoms with Gasteiger partial charge in [-0.2, -0.15) is 0 Å². The van der Waals surface area contributed by atoms with Crippen LogP contribution in [0.2, 0.25) is 0 Å². The highest BCUT2D eigenvalue weighted by atomic mass is 32.1. The number of guanidine groups is 1. The van der Waals surface area contributed by atoms with Crippen molar-refractivity contribution in [1.29, 1.82) is 0 Å². The van der Waals surface area contributed by atoms with Crippen LogP contribution in [0.1, 0.15) is 56.8 Å². The van der Waals surface area contributed by atoms with Crippen LogP contribution in [0.15, 0.2) is 34.6 Å². The van der Waals surface area contributed by atoms with Gasteiger partial charge in [0.2, 0.25) is 5.91 Å². The maximum absolute atomic E-state index is 11.9. The van der Waals surface area contributed by atoms with Crippen molar-refractivity contribution in [3.63, 3.8) is 0 Å².